The molecule has 1 aromatic rings. The normalized spacial score (nSPS) is 21.3. The summed E-state index contributed by atoms with van der Waals surface area (Å²) < 4.78 is 0. The number of nitrogens with one attached hydrogen (secondary N) is 7. The standard InChI is InChI=1S/C42H69N9O8S2/c1-4-5-14-32(39(56)44-20-17-29-12-7-6-8-13-29)49-42(59)35-16-11-21-51(35)37(54)25-46-38(55)31(15-9-10-19-43)45-24-30-27-61-60-22-18-36(53)48-33(23-28(2)3)40(57)50-34(26-52)41(58)47-30/h6-8,12-13,28,30-35,45,52H,4-5,9-11,14-27,43H2,1-3H3,(H,44,56)(H,46,55)(H,47,58)(H,48,53)(H,49,59)(H,50,57). The predicted octanol–water partition coefficient (Wildman–Crippen LogP) is 0.493. The fourth-order valence-corrected chi connectivity index (χ4v) is 9.32. The van der Waals surface area contributed by atoms with Gasteiger partial charge in [-0.15, -0.1) is 0 Å². The van der Waals surface area contributed by atoms with Gasteiger partial charge in [-0.05, 0) is 63.0 Å². The molecule has 2 fully saturated rings. The van der Waals surface area contributed by atoms with Crippen molar-refractivity contribution in [2.75, 3.05) is 50.8 Å². The molecule has 0 aromatic heterocycles. The average Bonchev–Trinajstić information content (AvgIpc) is 3.74. The number of benzene rings is 1. The van der Waals surface area contributed by atoms with Crippen LogP contribution in [-0.2, 0) is 40.0 Å². The lowest BCUT2D eigenvalue weighted by atomic mass is 10.0. The number of amides is 7. The van der Waals surface area contributed by atoms with Gasteiger partial charge in [0.05, 0.1) is 25.2 Å². The summed E-state index contributed by atoms with van der Waals surface area (Å²) in [6.45, 7) is 6.17. The van der Waals surface area contributed by atoms with Crippen molar-refractivity contribution in [2.24, 2.45) is 11.7 Å². The molecule has 0 spiro atoms. The highest BCUT2D eigenvalue weighted by Gasteiger charge is 2.36. The number of rotatable bonds is 22. The predicted molar refractivity (Wildman–Crippen MR) is 239 cm³/mol. The zero-order chi connectivity index (χ0) is 44.6. The molecule has 19 heteroatoms. The van der Waals surface area contributed by atoms with Gasteiger partial charge in [-0.1, -0.05) is 92.0 Å². The van der Waals surface area contributed by atoms with Crippen molar-refractivity contribution >= 4 is 62.9 Å². The van der Waals surface area contributed by atoms with E-state index in [0.717, 1.165) is 18.4 Å². The van der Waals surface area contributed by atoms with Crippen LogP contribution in [0, 0.1) is 5.92 Å². The van der Waals surface area contributed by atoms with Gasteiger partial charge in [0, 0.05) is 37.6 Å². The largest absolute Gasteiger partial charge is 0.394 e. The van der Waals surface area contributed by atoms with Crippen molar-refractivity contribution in [1.29, 1.82) is 0 Å². The van der Waals surface area contributed by atoms with Gasteiger partial charge in [0.1, 0.15) is 24.2 Å². The first-order chi connectivity index (χ1) is 29.4. The van der Waals surface area contributed by atoms with Gasteiger partial charge in [0.25, 0.3) is 0 Å². The molecule has 2 aliphatic heterocycles. The second-order valence-electron chi connectivity index (χ2n) is 16.0. The zero-order valence-electron chi connectivity index (χ0n) is 36.0. The molecule has 0 bridgehead atoms. The highest BCUT2D eigenvalue weighted by Crippen LogP contribution is 2.23. The van der Waals surface area contributed by atoms with E-state index in [1.54, 1.807) is 0 Å². The van der Waals surface area contributed by atoms with Gasteiger partial charge >= 0.3 is 0 Å². The van der Waals surface area contributed by atoms with E-state index in [9.17, 15) is 38.7 Å². The Balaban J connectivity index is 1.61. The zero-order valence-corrected chi connectivity index (χ0v) is 37.6. The Morgan fingerprint density at radius 2 is 1.64 bits per heavy atom. The van der Waals surface area contributed by atoms with Gasteiger partial charge in [0.15, 0.2) is 0 Å². The molecular formula is C42H69N9O8S2. The minimum atomic E-state index is -1.27. The van der Waals surface area contributed by atoms with Crippen molar-refractivity contribution < 1.29 is 38.7 Å². The Morgan fingerprint density at radius 1 is 0.918 bits per heavy atom. The molecule has 0 aliphatic carbocycles. The first kappa shape index (κ1) is 51.4. The Bertz CT molecular complexity index is 1560. The van der Waals surface area contributed by atoms with E-state index in [0.29, 0.717) is 82.5 Å². The number of hydrogen-bond acceptors (Lipinski definition) is 12. The van der Waals surface area contributed by atoms with E-state index in [4.69, 9.17) is 5.73 Å². The summed E-state index contributed by atoms with van der Waals surface area (Å²) in [5.74, 6) is -2.04. The number of carbonyl (C=O) groups excluding carboxylic acids is 7. The Hall–Kier alpha value is -3.91. The van der Waals surface area contributed by atoms with Crippen molar-refractivity contribution in [1.82, 2.24) is 42.1 Å². The minimum absolute atomic E-state index is 0.0819. The van der Waals surface area contributed by atoms with Crippen LogP contribution in [0.4, 0.5) is 0 Å². The number of aliphatic hydroxyl groups is 1. The molecule has 342 valence electrons. The highest BCUT2D eigenvalue weighted by atomic mass is 33.1. The van der Waals surface area contributed by atoms with Gasteiger partial charge in [-0.25, -0.2) is 0 Å². The summed E-state index contributed by atoms with van der Waals surface area (Å²) in [5.41, 5.74) is 6.84. The number of nitrogens with zero attached hydrogens (tertiary/aromatic N) is 1. The molecule has 7 amide bonds. The van der Waals surface area contributed by atoms with E-state index in [2.05, 4.69) is 37.2 Å². The molecule has 2 saturated heterocycles. The second-order valence-corrected chi connectivity index (χ2v) is 18.6. The van der Waals surface area contributed by atoms with E-state index < -0.39 is 72.4 Å². The molecule has 0 saturated carbocycles. The lowest BCUT2D eigenvalue weighted by Gasteiger charge is -2.28. The number of carbonyl (C=O) groups is 7. The molecule has 10 N–H and O–H groups in total. The third kappa shape index (κ3) is 18.9. The van der Waals surface area contributed by atoms with E-state index in [-0.39, 0.29) is 37.2 Å². The maximum Gasteiger partial charge on any atom is 0.245 e. The quantitative estimate of drug-likeness (QED) is 0.0570. The second kappa shape index (κ2) is 28.6. The number of hydrogen-bond donors (Lipinski definition) is 9. The number of likely N-dealkylation sites (tertiary alicyclic amines) is 1. The maximum absolute atomic E-state index is 13.6. The summed E-state index contributed by atoms with van der Waals surface area (Å²) in [6, 6.07) is 4.85. The number of unbranched alkanes of at least 4 members (excludes halogenated alkanes) is 2. The molecule has 2 heterocycles. The molecule has 2 aliphatic rings. The summed E-state index contributed by atoms with van der Waals surface area (Å²) in [5, 5.41) is 30.1. The third-order valence-electron chi connectivity index (χ3n) is 10.5. The molecule has 3 rings (SSSR count). The van der Waals surface area contributed by atoms with Crippen LogP contribution in [0.5, 0.6) is 0 Å². The molecule has 6 unspecified atom stereocenters. The Morgan fingerprint density at radius 3 is 2.34 bits per heavy atom. The Labute approximate surface area is 368 Å². The molecule has 61 heavy (non-hydrogen) atoms. The first-order valence-corrected chi connectivity index (χ1v) is 24.2. The van der Waals surface area contributed by atoms with Crippen LogP contribution >= 0.6 is 21.6 Å². The third-order valence-corrected chi connectivity index (χ3v) is 13.0. The molecule has 6 atom stereocenters. The van der Waals surface area contributed by atoms with Gasteiger partial charge in [-0.2, -0.15) is 0 Å². The van der Waals surface area contributed by atoms with Crippen LogP contribution in [-0.4, -0.2) is 138 Å². The molecular weight excluding hydrogens is 823 g/mol. The first-order valence-electron chi connectivity index (χ1n) is 21.7. The van der Waals surface area contributed by atoms with E-state index in [1.807, 2.05) is 51.1 Å². The van der Waals surface area contributed by atoms with Crippen LogP contribution in [0.1, 0.15) is 90.5 Å². The highest BCUT2D eigenvalue weighted by molar-refractivity contribution is 8.76. The lowest BCUT2D eigenvalue weighted by Crippen LogP contribution is -2.58. The van der Waals surface area contributed by atoms with Crippen molar-refractivity contribution in [2.45, 2.75) is 128 Å². The van der Waals surface area contributed by atoms with Crippen molar-refractivity contribution in [3.8, 4) is 0 Å². The fraction of sp³-hybridized carbons (Fsp3) is 0.690. The van der Waals surface area contributed by atoms with Crippen LogP contribution < -0.4 is 43.0 Å². The van der Waals surface area contributed by atoms with Crippen molar-refractivity contribution in [3.05, 3.63) is 35.9 Å². The van der Waals surface area contributed by atoms with Gasteiger partial charge < -0.3 is 53.0 Å². The van der Waals surface area contributed by atoms with Crippen LogP contribution in [0.2, 0.25) is 0 Å². The minimum Gasteiger partial charge on any atom is -0.394 e. The Kier molecular flexibility index (Phi) is 24.2. The molecule has 17 nitrogen and oxygen atoms in total. The summed E-state index contributed by atoms with van der Waals surface area (Å²) >= 11 is 0. The average molecular weight is 892 g/mol. The van der Waals surface area contributed by atoms with Crippen LogP contribution in [0.3, 0.4) is 0 Å². The smallest absolute Gasteiger partial charge is 0.245 e. The SMILES string of the molecule is CCCCC(NC(=O)C1CCCN1C(=O)CNC(=O)C(CCCCN)NCC1CSSCCC(=O)NC(CC(C)C)C(=O)NC(CO)C(=O)N1)C(=O)NCCc1ccccc1. The van der Waals surface area contributed by atoms with Crippen molar-refractivity contribution in [3.63, 3.8) is 0 Å². The van der Waals surface area contributed by atoms with E-state index >= 15 is 0 Å². The molecule has 0 radical (unpaired) electrons. The summed E-state index contributed by atoms with van der Waals surface area (Å²) in [7, 11) is 2.89. The monoisotopic (exact) mass is 891 g/mol. The van der Waals surface area contributed by atoms with Crippen LogP contribution in [0.15, 0.2) is 30.3 Å². The van der Waals surface area contributed by atoms with Crippen LogP contribution in [0.25, 0.3) is 0 Å². The number of nitrogens with two attached hydrogens (primary N) is 1. The topological polar surface area (TPSA) is 253 Å². The van der Waals surface area contributed by atoms with Gasteiger partial charge in [-0.3, -0.25) is 33.6 Å². The van der Waals surface area contributed by atoms with Gasteiger partial charge in [0.2, 0.25) is 41.4 Å². The summed E-state index contributed by atoms with van der Waals surface area (Å²) in [4.78, 5) is 94.6. The van der Waals surface area contributed by atoms with E-state index in [1.165, 1.54) is 26.5 Å². The molecule has 1 aromatic carbocycles. The maximum atomic E-state index is 13.6. The lowest BCUT2D eigenvalue weighted by molar-refractivity contribution is -0.139. The fourth-order valence-electron chi connectivity index (χ4n) is 7.08. The number of aliphatic hydroxyl groups excluding tert-OH is 1. The summed E-state index contributed by atoms with van der Waals surface area (Å²) in [6.07, 6.45) is 5.95.